The zero-order valence-electron chi connectivity index (χ0n) is 11.4. The van der Waals surface area contributed by atoms with E-state index in [1.165, 1.54) is 18.6 Å². The van der Waals surface area contributed by atoms with Crippen LogP contribution in [0.25, 0.3) is 0 Å². The van der Waals surface area contributed by atoms with Gasteiger partial charge in [-0.05, 0) is 38.0 Å². The van der Waals surface area contributed by atoms with E-state index in [1.807, 2.05) is 23.9 Å². The fourth-order valence-electron chi connectivity index (χ4n) is 2.41. The number of rotatable bonds is 4. The van der Waals surface area contributed by atoms with Crippen molar-refractivity contribution >= 4 is 17.4 Å². The number of benzene rings is 1. The first kappa shape index (κ1) is 14.3. The van der Waals surface area contributed by atoms with Crippen molar-refractivity contribution in [2.45, 2.75) is 38.8 Å². The fraction of sp³-hybridized carbons (Fsp3) is 0.571. The lowest BCUT2D eigenvalue weighted by atomic mass is 10.0. The summed E-state index contributed by atoms with van der Waals surface area (Å²) in [6, 6.07) is 6.19. The number of hydrogen-bond acceptors (Lipinski definition) is 4. The number of thioether (sulfide) groups is 1. The molecule has 0 aromatic heterocycles. The molecule has 0 amide bonds. The van der Waals surface area contributed by atoms with E-state index >= 15 is 0 Å². The topological polar surface area (TPSA) is 55.2 Å². The number of nitro benzene ring substituents is 1. The Balaban J connectivity index is 2.07. The van der Waals surface area contributed by atoms with E-state index in [2.05, 4.69) is 12.2 Å². The Morgan fingerprint density at radius 2 is 2.32 bits per heavy atom. The molecule has 1 aliphatic rings. The Hall–Kier alpha value is -1.07. The summed E-state index contributed by atoms with van der Waals surface area (Å²) in [6.45, 7) is 3.85. The molecule has 1 aromatic rings. The standard InChI is InChI=1S/C14H20N2O2S/c1-10-5-6-12(8-14(10)16(17)18)11(2)15-13-4-3-7-19-9-13/h5-6,8,11,13,15H,3-4,7,9H2,1-2H3. The van der Waals surface area contributed by atoms with Crippen LogP contribution in [-0.4, -0.2) is 22.5 Å². The summed E-state index contributed by atoms with van der Waals surface area (Å²) in [4.78, 5) is 10.7. The van der Waals surface area contributed by atoms with Crippen LogP contribution in [0.1, 0.15) is 36.9 Å². The number of nitrogens with one attached hydrogen (secondary N) is 1. The summed E-state index contributed by atoms with van der Waals surface area (Å²) in [5, 5.41) is 14.5. The summed E-state index contributed by atoms with van der Waals surface area (Å²) < 4.78 is 0. The minimum Gasteiger partial charge on any atom is -0.307 e. The Kier molecular flexibility index (Phi) is 4.82. The van der Waals surface area contributed by atoms with E-state index in [0.29, 0.717) is 11.6 Å². The molecule has 2 atom stereocenters. The van der Waals surface area contributed by atoms with Crippen molar-refractivity contribution in [1.82, 2.24) is 5.32 Å². The lowest BCUT2D eigenvalue weighted by Gasteiger charge is -2.26. The van der Waals surface area contributed by atoms with Crippen LogP contribution in [0.15, 0.2) is 18.2 Å². The summed E-state index contributed by atoms with van der Waals surface area (Å²) in [5.74, 6) is 2.39. The maximum absolute atomic E-state index is 11.0. The first-order valence-corrected chi connectivity index (χ1v) is 7.82. The highest BCUT2D eigenvalue weighted by Gasteiger charge is 2.19. The highest BCUT2D eigenvalue weighted by molar-refractivity contribution is 7.99. The molecule has 0 saturated carbocycles. The highest BCUT2D eigenvalue weighted by Crippen LogP contribution is 2.25. The van der Waals surface area contributed by atoms with Crippen LogP contribution in [0.2, 0.25) is 0 Å². The molecule has 1 heterocycles. The molecule has 2 rings (SSSR count). The van der Waals surface area contributed by atoms with Gasteiger partial charge in [-0.15, -0.1) is 0 Å². The van der Waals surface area contributed by atoms with Crippen molar-refractivity contribution in [2.75, 3.05) is 11.5 Å². The predicted molar refractivity (Wildman–Crippen MR) is 79.7 cm³/mol. The molecule has 19 heavy (non-hydrogen) atoms. The van der Waals surface area contributed by atoms with Crippen LogP contribution in [0.3, 0.4) is 0 Å². The van der Waals surface area contributed by atoms with Crippen LogP contribution in [0.4, 0.5) is 5.69 Å². The van der Waals surface area contributed by atoms with E-state index in [9.17, 15) is 10.1 Å². The molecule has 0 aliphatic carbocycles. The molecule has 0 spiro atoms. The van der Waals surface area contributed by atoms with E-state index in [1.54, 1.807) is 13.0 Å². The molecule has 4 nitrogen and oxygen atoms in total. The third-order valence-corrected chi connectivity index (χ3v) is 4.79. The largest absolute Gasteiger partial charge is 0.307 e. The second-order valence-corrected chi connectivity index (χ2v) is 6.26. The van der Waals surface area contributed by atoms with Gasteiger partial charge in [0.1, 0.15) is 0 Å². The van der Waals surface area contributed by atoms with Gasteiger partial charge in [-0.3, -0.25) is 10.1 Å². The normalized spacial score (nSPS) is 21.1. The summed E-state index contributed by atoms with van der Waals surface area (Å²) >= 11 is 1.98. The van der Waals surface area contributed by atoms with Crippen LogP contribution in [-0.2, 0) is 0 Å². The lowest BCUT2D eigenvalue weighted by Crippen LogP contribution is -2.35. The van der Waals surface area contributed by atoms with Gasteiger partial charge in [-0.1, -0.05) is 12.1 Å². The lowest BCUT2D eigenvalue weighted by molar-refractivity contribution is -0.385. The SMILES string of the molecule is Cc1ccc(C(C)NC2CCCSC2)cc1[N+](=O)[O-]. The van der Waals surface area contributed by atoms with Crippen LogP contribution in [0.5, 0.6) is 0 Å². The van der Waals surface area contributed by atoms with E-state index < -0.39 is 0 Å². The molecule has 2 unspecified atom stereocenters. The number of nitro groups is 1. The maximum Gasteiger partial charge on any atom is 0.272 e. The van der Waals surface area contributed by atoms with Crippen molar-refractivity contribution in [3.63, 3.8) is 0 Å². The molecule has 5 heteroatoms. The van der Waals surface area contributed by atoms with Crippen LogP contribution in [0, 0.1) is 17.0 Å². The van der Waals surface area contributed by atoms with Gasteiger partial charge in [0.15, 0.2) is 0 Å². The smallest absolute Gasteiger partial charge is 0.272 e. The zero-order valence-corrected chi connectivity index (χ0v) is 12.2. The van der Waals surface area contributed by atoms with Gasteiger partial charge in [0.2, 0.25) is 0 Å². The molecule has 1 aromatic carbocycles. The van der Waals surface area contributed by atoms with Crippen LogP contribution < -0.4 is 5.32 Å². The summed E-state index contributed by atoms with van der Waals surface area (Å²) in [7, 11) is 0. The third-order valence-electron chi connectivity index (χ3n) is 3.58. The molecule has 0 radical (unpaired) electrons. The Labute approximate surface area is 118 Å². The van der Waals surface area contributed by atoms with E-state index in [4.69, 9.17) is 0 Å². The summed E-state index contributed by atoms with van der Waals surface area (Å²) in [6.07, 6.45) is 2.45. The molecule has 0 bridgehead atoms. The number of hydrogen-bond donors (Lipinski definition) is 1. The molecule has 1 N–H and O–H groups in total. The van der Waals surface area contributed by atoms with Gasteiger partial charge in [-0.2, -0.15) is 11.8 Å². The Morgan fingerprint density at radius 3 is 2.95 bits per heavy atom. The first-order chi connectivity index (χ1) is 9.08. The summed E-state index contributed by atoms with van der Waals surface area (Å²) in [5.41, 5.74) is 1.92. The third kappa shape index (κ3) is 3.70. The number of nitrogens with zero attached hydrogens (tertiary/aromatic N) is 1. The van der Waals surface area contributed by atoms with Gasteiger partial charge in [0.25, 0.3) is 5.69 Å². The van der Waals surface area contributed by atoms with Gasteiger partial charge < -0.3 is 5.32 Å². The monoisotopic (exact) mass is 280 g/mol. The van der Waals surface area contributed by atoms with Crippen molar-refractivity contribution in [3.8, 4) is 0 Å². The molecule has 1 aliphatic heterocycles. The second-order valence-electron chi connectivity index (χ2n) is 5.11. The average molecular weight is 280 g/mol. The van der Waals surface area contributed by atoms with Crippen molar-refractivity contribution in [3.05, 3.63) is 39.4 Å². The van der Waals surface area contributed by atoms with Gasteiger partial charge >= 0.3 is 0 Å². The highest BCUT2D eigenvalue weighted by atomic mass is 32.2. The average Bonchev–Trinajstić information content (AvgIpc) is 2.40. The molecule has 104 valence electrons. The van der Waals surface area contributed by atoms with Gasteiger partial charge in [-0.25, -0.2) is 0 Å². The Morgan fingerprint density at radius 1 is 1.53 bits per heavy atom. The first-order valence-electron chi connectivity index (χ1n) is 6.66. The van der Waals surface area contributed by atoms with Crippen molar-refractivity contribution < 1.29 is 4.92 Å². The maximum atomic E-state index is 11.0. The Bertz CT molecular complexity index is 459. The minimum absolute atomic E-state index is 0.156. The predicted octanol–water partition coefficient (Wildman–Crippen LogP) is 3.45. The molecule has 1 saturated heterocycles. The quantitative estimate of drug-likeness (QED) is 0.678. The zero-order chi connectivity index (χ0) is 13.8. The second kappa shape index (κ2) is 6.39. The van der Waals surface area contributed by atoms with E-state index in [0.717, 1.165) is 11.3 Å². The van der Waals surface area contributed by atoms with E-state index in [-0.39, 0.29) is 16.7 Å². The molecular weight excluding hydrogens is 260 g/mol. The van der Waals surface area contributed by atoms with Gasteiger partial charge in [0.05, 0.1) is 4.92 Å². The van der Waals surface area contributed by atoms with Crippen molar-refractivity contribution in [1.29, 1.82) is 0 Å². The number of aryl methyl sites for hydroxylation is 1. The van der Waals surface area contributed by atoms with Crippen molar-refractivity contribution in [2.24, 2.45) is 0 Å². The van der Waals surface area contributed by atoms with Gasteiger partial charge in [0, 0.05) is 29.5 Å². The van der Waals surface area contributed by atoms with Crippen LogP contribution >= 0.6 is 11.8 Å². The molecule has 1 fully saturated rings. The molecular formula is C14H20N2O2S. The minimum atomic E-state index is -0.304. The fourth-order valence-corrected chi connectivity index (χ4v) is 3.50.